The molecule has 1 aromatic carbocycles. The van der Waals surface area contributed by atoms with E-state index in [-0.39, 0.29) is 24.4 Å². The number of nitrogens with two attached hydrogens (primary N) is 1. The molecular formula is C18H24N3O3+. The third-order valence-electron chi connectivity index (χ3n) is 3.67. The molecule has 6 nitrogen and oxygen atoms in total. The van der Waals surface area contributed by atoms with Gasteiger partial charge < -0.3 is 20.4 Å². The second kappa shape index (κ2) is 8.88. The molecule has 2 amide bonds. The Labute approximate surface area is 141 Å². The van der Waals surface area contributed by atoms with Gasteiger partial charge >= 0.3 is 0 Å². The minimum absolute atomic E-state index is 0.105. The Morgan fingerprint density at radius 1 is 1.17 bits per heavy atom. The van der Waals surface area contributed by atoms with Crippen LogP contribution in [-0.4, -0.2) is 30.9 Å². The summed E-state index contributed by atoms with van der Waals surface area (Å²) in [5, 5.41) is 7.29. The summed E-state index contributed by atoms with van der Waals surface area (Å²) >= 11 is 0. The number of carbonyl (C=O) groups excluding carboxylic acids is 2. The highest BCUT2D eigenvalue weighted by Gasteiger charge is 2.22. The monoisotopic (exact) mass is 330 g/mol. The van der Waals surface area contributed by atoms with Crippen LogP contribution in [0.4, 0.5) is 0 Å². The summed E-state index contributed by atoms with van der Waals surface area (Å²) in [5.41, 5.74) is 1.05. The van der Waals surface area contributed by atoms with Gasteiger partial charge in [-0.3, -0.25) is 9.59 Å². The lowest BCUT2D eigenvalue weighted by Gasteiger charge is -2.16. The predicted octanol–water partition coefficient (Wildman–Crippen LogP) is 0.573. The molecule has 0 saturated heterocycles. The first-order valence-corrected chi connectivity index (χ1v) is 8.10. The summed E-state index contributed by atoms with van der Waals surface area (Å²) in [6.07, 6.45) is 1.62. The second-order valence-electron chi connectivity index (χ2n) is 5.53. The molecule has 0 fully saturated rings. The van der Waals surface area contributed by atoms with Gasteiger partial charge in [0.15, 0.2) is 18.3 Å². The molecule has 0 aliphatic heterocycles. The van der Waals surface area contributed by atoms with Crippen LogP contribution in [0.1, 0.15) is 31.2 Å². The Kier molecular flexibility index (Phi) is 6.57. The van der Waals surface area contributed by atoms with Crippen molar-refractivity contribution in [2.45, 2.75) is 25.9 Å². The summed E-state index contributed by atoms with van der Waals surface area (Å²) in [6, 6.07) is 12.9. The van der Waals surface area contributed by atoms with E-state index in [2.05, 4.69) is 10.6 Å². The smallest absolute Gasteiger partial charge is 0.275 e. The van der Waals surface area contributed by atoms with Crippen molar-refractivity contribution >= 4 is 11.8 Å². The fourth-order valence-electron chi connectivity index (χ4n) is 2.46. The van der Waals surface area contributed by atoms with E-state index < -0.39 is 6.04 Å². The maximum Gasteiger partial charge on any atom is 0.275 e. The molecule has 0 unspecified atom stereocenters. The molecule has 2 aromatic rings. The molecule has 0 bridgehead atoms. The van der Waals surface area contributed by atoms with Crippen LogP contribution in [0.3, 0.4) is 0 Å². The van der Waals surface area contributed by atoms with E-state index in [9.17, 15) is 9.59 Å². The zero-order chi connectivity index (χ0) is 17.4. The van der Waals surface area contributed by atoms with E-state index >= 15 is 0 Å². The highest BCUT2D eigenvalue weighted by molar-refractivity contribution is 5.87. The summed E-state index contributed by atoms with van der Waals surface area (Å²) in [7, 11) is 0. The highest BCUT2D eigenvalue weighted by atomic mass is 16.3. The van der Waals surface area contributed by atoms with Gasteiger partial charge in [-0.25, -0.2) is 0 Å². The van der Waals surface area contributed by atoms with E-state index in [0.717, 1.165) is 11.3 Å². The average Bonchev–Trinajstić information content (AvgIpc) is 3.10. The molecular weight excluding hydrogens is 306 g/mol. The minimum Gasteiger partial charge on any atom is -0.463 e. The highest BCUT2D eigenvalue weighted by Crippen LogP contribution is 2.18. The van der Waals surface area contributed by atoms with E-state index in [4.69, 9.17) is 4.42 Å². The predicted molar refractivity (Wildman–Crippen MR) is 90.1 cm³/mol. The largest absolute Gasteiger partial charge is 0.463 e. The van der Waals surface area contributed by atoms with Crippen LogP contribution in [0, 0.1) is 0 Å². The maximum atomic E-state index is 12.1. The lowest BCUT2D eigenvalue weighted by Crippen LogP contribution is -2.88. The number of amides is 2. The lowest BCUT2D eigenvalue weighted by atomic mass is 10.0. The van der Waals surface area contributed by atoms with Crippen LogP contribution in [0.2, 0.25) is 0 Å². The molecule has 2 rings (SSSR count). The first kappa shape index (κ1) is 17.7. The molecule has 0 radical (unpaired) electrons. The third-order valence-corrected chi connectivity index (χ3v) is 3.67. The maximum absolute atomic E-state index is 12.1. The molecule has 2 atom stereocenters. The zero-order valence-electron chi connectivity index (χ0n) is 14.0. The van der Waals surface area contributed by atoms with Gasteiger partial charge in [0.2, 0.25) is 5.91 Å². The molecule has 1 aromatic heterocycles. The van der Waals surface area contributed by atoms with Crippen LogP contribution in [0.25, 0.3) is 0 Å². The summed E-state index contributed by atoms with van der Waals surface area (Å²) in [5.74, 6) is 0.406. The van der Waals surface area contributed by atoms with Gasteiger partial charge in [-0.2, -0.15) is 0 Å². The Morgan fingerprint density at radius 3 is 2.54 bits per heavy atom. The van der Waals surface area contributed by atoms with Gasteiger partial charge in [-0.15, -0.1) is 0 Å². The quantitative estimate of drug-likeness (QED) is 0.661. The van der Waals surface area contributed by atoms with Crippen molar-refractivity contribution in [1.82, 2.24) is 10.6 Å². The molecule has 0 saturated carbocycles. The van der Waals surface area contributed by atoms with Crippen molar-refractivity contribution in [3.63, 3.8) is 0 Å². The summed E-state index contributed by atoms with van der Waals surface area (Å²) in [6.45, 7) is 4.25. The fraction of sp³-hybridized carbons (Fsp3) is 0.333. The SMILES string of the molecule is CCNC(=O)[C@@H](C)NC(=O)C[NH2+][C@H](c1ccccc1)c1ccco1. The number of carbonyl (C=O) groups is 2. The first-order chi connectivity index (χ1) is 11.6. The Bertz CT molecular complexity index is 641. The van der Waals surface area contributed by atoms with E-state index in [1.165, 1.54) is 0 Å². The first-order valence-electron chi connectivity index (χ1n) is 8.10. The summed E-state index contributed by atoms with van der Waals surface area (Å²) < 4.78 is 5.51. The van der Waals surface area contributed by atoms with Gasteiger partial charge in [0.25, 0.3) is 5.91 Å². The van der Waals surface area contributed by atoms with Crippen molar-refractivity contribution in [2.75, 3.05) is 13.1 Å². The standard InChI is InChI=1S/C18H23N3O3/c1-3-19-18(23)13(2)21-16(22)12-20-17(15-10-7-11-24-15)14-8-5-4-6-9-14/h4-11,13,17,20H,3,12H2,1-2H3,(H,19,23)(H,21,22)/p+1/t13-,17-/m1/s1. The van der Waals surface area contributed by atoms with Crippen LogP contribution < -0.4 is 16.0 Å². The Balaban J connectivity index is 1.96. The van der Waals surface area contributed by atoms with E-state index in [1.54, 1.807) is 13.2 Å². The number of likely N-dealkylation sites (N-methyl/N-ethyl adjacent to an activating group) is 1. The van der Waals surface area contributed by atoms with Crippen molar-refractivity contribution in [3.05, 3.63) is 60.1 Å². The number of rotatable bonds is 8. The molecule has 0 spiro atoms. The number of hydrogen-bond donors (Lipinski definition) is 3. The normalized spacial score (nSPS) is 13.1. The average molecular weight is 330 g/mol. The molecule has 0 aliphatic rings. The van der Waals surface area contributed by atoms with Crippen molar-refractivity contribution in [2.24, 2.45) is 0 Å². The van der Waals surface area contributed by atoms with Crippen LogP contribution >= 0.6 is 0 Å². The molecule has 1 heterocycles. The van der Waals surface area contributed by atoms with Crippen LogP contribution in [-0.2, 0) is 9.59 Å². The van der Waals surface area contributed by atoms with Gasteiger partial charge in [0, 0.05) is 12.1 Å². The number of nitrogens with one attached hydrogen (secondary N) is 2. The molecule has 24 heavy (non-hydrogen) atoms. The Morgan fingerprint density at radius 2 is 1.92 bits per heavy atom. The summed E-state index contributed by atoms with van der Waals surface area (Å²) in [4.78, 5) is 23.8. The van der Waals surface area contributed by atoms with Crippen molar-refractivity contribution in [1.29, 1.82) is 0 Å². The van der Waals surface area contributed by atoms with Crippen LogP contribution in [0.5, 0.6) is 0 Å². The topological polar surface area (TPSA) is 88.0 Å². The van der Waals surface area contributed by atoms with Gasteiger partial charge in [-0.1, -0.05) is 30.3 Å². The number of furan rings is 1. The van der Waals surface area contributed by atoms with Crippen molar-refractivity contribution < 1.29 is 19.3 Å². The van der Waals surface area contributed by atoms with Crippen molar-refractivity contribution in [3.8, 4) is 0 Å². The van der Waals surface area contributed by atoms with E-state index in [1.807, 2.05) is 54.7 Å². The number of benzene rings is 1. The van der Waals surface area contributed by atoms with Crippen LogP contribution in [0.15, 0.2) is 53.1 Å². The molecule has 0 aliphatic carbocycles. The van der Waals surface area contributed by atoms with E-state index in [0.29, 0.717) is 6.54 Å². The zero-order valence-corrected chi connectivity index (χ0v) is 14.0. The molecule has 128 valence electrons. The van der Waals surface area contributed by atoms with Gasteiger partial charge in [0.1, 0.15) is 6.04 Å². The van der Waals surface area contributed by atoms with Gasteiger partial charge in [-0.05, 0) is 26.0 Å². The lowest BCUT2D eigenvalue weighted by molar-refractivity contribution is -0.678. The Hall–Kier alpha value is -2.60. The number of hydrogen-bond acceptors (Lipinski definition) is 3. The minimum atomic E-state index is -0.551. The molecule has 4 N–H and O–H groups in total. The fourth-order valence-corrected chi connectivity index (χ4v) is 2.46. The van der Waals surface area contributed by atoms with Gasteiger partial charge in [0.05, 0.1) is 6.26 Å². The second-order valence-corrected chi connectivity index (χ2v) is 5.53. The third kappa shape index (κ3) is 4.96. The molecule has 6 heteroatoms. The number of quaternary nitrogens is 1.